The van der Waals surface area contributed by atoms with E-state index in [4.69, 9.17) is 5.73 Å². The molecule has 1 rings (SSSR count). The fourth-order valence-electron chi connectivity index (χ4n) is 1.96. The first-order chi connectivity index (χ1) is 7.46. The van der Waals surface area contributed by atoms with Gasteiger partial charge in [-0.05, 0) is 19.3 Å². The zero-order valence-electron chi connectivity index (χ0n) is 10.1. The van der Waals surface area contributed by atoms with Gasteiger partial charge in [0.1, 0.15) is 0 Å². The standard InChI is InChI=1S/C11H22N2O2S/c1-9(16(2)15)5-8-13-10(14)11(12)6-3-4-7-11/h9H,3-8,12H2,1-2H3,(H,13,14). The first kappa shape index (κ1) is 13.6. The molecule has 1 amide bonds. The maximum absolute atomic E-state index is 11.8. The molecule has 16 heavy (non-hydrogen) atoms. The van der Waals surface area contributed by atoms with Gasteiger partial charge in [-0.3, -0.25) is 9.00 Å². The molecule has 0 spiro atoms. The van der Waals surface area contributed by atoms with Gasteiger partial charge in [-0.25, -0.2) is 0 Å². The van der Waals surface area contributed by atoms with Crippen LogP contribution in [0.2, 0.25) is 0 Å². The number of hydrogen-bond donors (Lipinski definition) is 2. The molecule has 0 radical (unpaired) electrons. The van der Waals surface area contributed by atoms with Crippen molar-refractivity contribution < 1.29 is 9.00 Å². The minimum absolute atomic E-state index is 0.0425. The lowest BCUT2D eigenvalue weighted by Gasteiger charge is -2.22. The Kier molecular flexibility index (Phi) is 4.92. The van der Waals surface area contributed by atoms with Gasteiger partial charge < -0.3 is 11.1 Å². The van der Waals surface area contributed by atoms with Crippen LogP contribution in [0.1, 0.15) is 39.0 Å². The van der Waals surface area contributed by atoms with Crippen LogP contribution in [0.4, 0.5) is 0 Å². The molecule has 0 heterocycles. The van der Waals surface area contributed by atoms with Crippen molar-refractivity contribution in [2.75, 3.05) is 12.8 Å². The van der Waals surface area contributed by atoms with E-state index in [1.165, 1.54) is 0 Å². The topological polar surface area (TPSA) is 72.2 Å². The van der Waals surface area contributed by atoms with E-state index in [-0.39, 0.29) is 11.2 Å². The minimum atomic E-state index is -0.820. The van der Waals surface area contributed by atoms with E-state index in [1.807, 2.05) is 6.92 Å². The first-order valence-electron chi connectivity index (χ1n) is 5.85. The Morgan fingerprint density at radius 1 is 1.50 bits per heavy atom. The Labute approximate surface area is 99.8 Å². The molecule has 4 nitrogen and oxygen atoms in total. The lowest BCUT2D eigenvalue weighted by molar-refractivity contribution is -0.126. The van der Waals surface area contributed by atoms with E-state index < -0.39 is 16.3 Å². The van der Waals surface area contributed by atoms with Crippen LogP contribution in [0.3, 0.4) is 0 Å². The molecular weight excluding hydrogens is 224 g/mol. The summed E-state index contributed by atoms with van der Waals surface area (Å²) in [6, 6.07) is 0. The predicted molar refractivity (Wildman–Crippen MR) is 66.5 cm³/mol. The number of carbonyl (C=O) groups is 1. The normalized spacial score (nSPS) is 22.7. The van der Waals surface area contributed by atoms with Gasteiger partial charge in [-0.1, -0.05) is 19.8 Å². The van der Waals surface area contributed by atoms with Crippen LogP contribution in [0.5, 0.6) is 0 Å². The summed E-state index contributed by atoms with van der Waals surface area (Å²) in [4.78, 5) is 11.8. The molecule has 0 aromatic carbocycles. The summed E-state index contributed by atoms with van der Waals surface area (Å²) in [6.07, 6.45) is 6.08. The average molecular weight is 246 g/mol. The van der Waals surface area contributed by atoms with Gasteiger partial charge in [0.15, 0.2) is 0 Å². The van der Waals surface area contributed by atoms with Gasteiger partial charge in [0, 0.05) is 28.9 Å². The number of rotatable bonds is 5. The zero-order chi connectivity index (χ0) is 12.2. The third kappa shape index (κ3) is 3.56. The van der Waals surface area contributed by atoms with Gasteiger partial charge in [0.2, 0.25) is 5.91 Å². The third-order valence-corrected chi connectivity index (χ3v) is 4.72. The van der Waals surface area contributed by atoms with Crippen molar-refractivity contribution in [3.8, 4) is 0 Å². The first-order valence-corrected chi connectivity index (χ1v) is 7.47. The molecule has 3 N–H and O–H groups in total. The number of amides is 1. The lowest BCUT2D eigenvalue weighted by atomic mass is 9.98. The highest BCUT2D eigenvalue weighted by molar-refractivity contribution is 7.84. The Hall–Kier alpha value is -0.420. The fourth-order valence-corrected chi connectivity index (χ4v) is 2.41. The highest BCUT2D eigenvalue weighted by atomic mass is 32.2. The molecule has 0 aliphatic heterocycles. The molecule has 0 bridgehead atoms. The SMILES string of the molecule is CC(CCNC(=O)C1(N)CCCC1)S(C)=O. The Balaban J connectivity index is 2.27. The average Bonchev–Trinajstić information content (AvgIpc) is 2.66. The summed E-state index contributed by atoms with van der Waals surface area (Å²) in [6.45, 7) is 2.49. The molecule has 2 atom stereocenters. The van der Waals surface area contributed by atoms with Crippen LogP contribution in [0, 0.1) is 0 Å². The van der Waals surface area contributed by atoms with Crippen molar-refractivity contribution in [3.63, 3.8) is 0 Å². The van der Waals surface area contributed by atoms with Crippen LogP contribution in [-0.4, -0.2) is 33.7 Å². The molecule has 94 valence electrons. The van der Waals surface area contributed by atoms with Crippen molar-refractivity contribution in [1.82, 2.24) is 5.32 Å². The summed E-state index contributed by atoms with van der Waals surface area (Å²) in [5, 5.41) is 2.98. The molecule has 0 aromatic heterocycles. The van der Waals surface area contributed by atoms with Crippen molar-refractivity contribution in [2.24, 2.45) is 5.73 Å². The van der Waals surface area contributed by atoms with Gasteiger partial charge in [0.25, 0.3) is 0 Å². The maximum Gasteiger partial charge on any atom is 0.240 e. The summed E-state index contributed by atoms with van der Waals surface area (Å²) in [7, 11) is -0.820. The Morgan fingerprint density at radius 2 is 2.06 bits per heavy atom. The van der Waals surface area contributed by atoms with Gasteiger partial charge in [-0.2, -0.15) is 0 Å². The highest BCUT2D eigenvalue weighted by Gasteiger charge is 2.36. The highest BCUT2D eigenvalue weighted by Crippen LogP contribution is 2.27. The second-order valence-electron chi connectivity index (χ2n) is 4.72. The Morgan fingerprint density at radius 3 is 2.56 bits per heavy atom. The monoisotopic (exact) mass is 246 g/mol. The molecular formula is C11H22N2O2S. The number of carbonyl (C=O) groups excluding carboxylic acids is 1. The number of nitrogens with one attached hydrogen (secondary N) is 1. The second kappa shape index (κ2) is 5.77. The summed E-state index contributed by atoms with van der Waals surface area (Å²) < 4.78 is 11.1. The van der Waals surface area contributed by atoms with Crippen LogP contribution < -0.4 is 11.1 Å². The third-order valence-electron chi connectivity index (χ3n) is 3.35. The van der Waals surface area contributed by atoms with Gasteiger partial charge >= 0.3 is 0 Å². The smallest absolute Gasteiger partial charge is 0.240 e. The second-order valence-corrected chi connectivity index (χ2v) is 6.52. The van der Waals surface area contributed by atoms with Gasteiger partial charge in [0.05, 0.1) is 5.54 Å². The summed E-state index contributed by atoms with van der Waals surface area (Å²) >= 11 is 0. The molecule has 5 heteroatoms. The lowest BCUT2D eigenvalue weighted by Crippen LogP contribution is -2.52. The molecule has 0 aromatic rings. The quantitative estimate of drug-likeness (QED) is 0.743. The van der Waals surface area contributed by atoms with Crippen molar-refractivity contribution >= 4 is 16.7 Å². The van der Waals surface area contributed by atoms with E-state index in [0.717, 1.165) is 32.1 Å². The zero-order valence-corrected chi connectivity index (χ0v) is 10.9. The van der Waals surface area contributed by atoms with Crippen molar-refractivity contribution in [2.45, 2.75) is 49.8 Å². The summed E-state index contributed by atoms with van der Waals surface area (Å²) in [5.41, 5.74) is 5.36. The van der Waals surface area contributed by atoms with Crippen molar-refractivity contribution in [3.05, 3.63) is 0 Å². The van der Waals surface area contributed by atoms with Crippen LogP contribution in [-0.2, 0) is 15.6 Å². The van der Waals surface area contributed by atoms with E-state index >= 15 is 0 Å². The van der Waals surface area contributed by atoms with E-state index in [2.05, 4.69) is 5.32 Å². The Bertz CT molecular complexity index is 275. The van der Waals surface area contributed by atoms with Gasteiger partial charge in [-0.15, -0.1) is 0 Å². The minimum Gasteiger partial charge on any atom is -0.354 e. The van der Waals surface area contributed by atoms with Crippen LogP contribution >= 0.6 is 0 Å². The van der Waals surface area contributed by atoms with Crippen LogP contribution in [0.15, 0.2) is 0 Å². The molecule has 1 fully saturated rings. The van der Waals surface area contributed by atoms with E-state index in [9.17, 15) is 9.00 Å². The molecule has 0 saturated heterocycles. The molecule has 1 aliphatic rings. The summed E-state index contributed by atoms with van der Waals surface area (Å²) in [5.74, 6) is -0.0425. The maximum atomic E-state index is 11.8. The molecule has 2 unspecified atom stereocenters. The molecule has 1 saturated carbocycles. The van der Waals surface area contributed by atoms with Crippen molar-refractivity contribution in [1.29, 1.82) is 0 Å². The van der Waals surface area contributed by atoms with Crippen LogP contribution in [0.25, 0.3) is 0 Å². The molecule has 1 aliphatic carbocycles. The van der Waals surface area contributed by atoms with E-state index in [1.54, 1.807) is 6.26 Å². The van der Waals surface area contributed by atoms with E-state index in [0.29, 0.717) is 6.54 Å². The fraction of sp³-hybridized carbons (Fsp3) is 0.909. The largest absolute Gasteiger partial charge is 0.354 e. The number of nitrogens with two attached hydrogens (primary N) is 1. The number of hydrogen-bond acceptors (Lipinski definition) is 3. The predicted octanol–water partition coefficient (Wildman–Crippen LogP) is 0.531.